The van der Waals surface area contributed by atoms with Gasteiger partial charge in [-0.25, -0.2) is 4.79 Å². The Morgan fingerprint density at radius 3 is 2.73 bits per heavy atom. The summed E-state index contributed by atoms with van der Waals surface area (Å²) in [5, 5.41) is 2.50. The van der Waals surface area contributed by atoms with Crippen LogP contribution in [0.15, 0.2) is 0 Å². The van der Waals surface area contributed by atoms with E-state index in [-0.39, 0.29) is 24.5 Å². The fourth-order valence-corrected chi connectivity index (χ4v) is 1.99. The molecule has 2 saturated heterocycles. The van der Waals surface area contributed by atoms with Crippen LogP contribution in [0.4, 0.5) is 4.79 Å². The zero-order valence-electron chi connectivity index (χ0n) is 8.61. The molecule has 2 rings (SSSR count). The second-order valence-electron chi connectivity index (χ2n) is 4.05. The van der Waals surface area contributed by atoms with Gasteiger partial charge in [-0.05, 0) is 13.0 Å². The monoisotopic (exact) mass is 212 g/mol. The van der Waals surface area contributed by atoms with Gasteiger partial charge in [0.15, 0.2) is 0 Å². The van der Waals surface area contributed by atoms with Crippen molar-refractivity contribution in [2.75, 3.05) is 32.7 Å². The normalized spacial score (nSPS) is 27.5. The third-order valence-electron chi connectivity index (χ3n) is 2.89. The van der Waals surface area contributed by atoms with Gasteiger partial charge in [0.05, 0.1) is 6.54 Å². The highest BCUT2D eigenvalue weighted by atomic mass is 16.2. The average molecular weight is 212 g/mol. The first-order valence-corrected chi connectivity index (χ1v) is 5.23. The summed E-state index contributed by atoms with van der Waals surface area (Å²) in [4.78, 5) is 25.9. The lowest BCUT2D eigenvalue weighted by atomic mass is 10.3. The highest BCUT2D eigenvalue weighted by Gasteiger charge is 2.29. The quantitative estimate of drug-likeness (QED) is 0.562. The van der Waals surface area contributed by atoms with Crippen molar-refractivity contribution in [3.63, 3.8) is 0 Å². The van der Waals surface area contributed by atoms with Crippen LogP contribution in [-0.4, -0.2) is 60.5 Å². The predicted octanol–water partition coefficient (Wildman–Crippen LogP) is -1.43. The standard InChI is InChI=1S/C9H16N4O2/c10-7-1-2-12(6-7)3-4-13-8(14)5-11-9(13)15/h7H,1-6,10H2,(H,11,15)/t7-/m0/s1. The van der Waals surface area contributed by atoms with Crippen molar-refractivity contribution in [2.24, 2.45) is 5.73 Å². The van der Waals surface area contributed by atoms with Crippen LogP contribution in [0.1, 0.15) is 6.42 Å². The van der Waals surface area contributed by atoms with Crippen molar-refractivity contribution in [2.45, 2.75) is 12.5 Å². The van der Waals surface area contributed by atoms with Gasteiger partial charge in [0.1, 0.15) is 0 Å². The molecule has 3 N–H and O–H groups in total. The molecular weight excluding hydrogens is 196 g/mol. The highest BCUT2D eigenvalue weighted by molar-refractivity contribution is 6.01. The molecule has 15 heavy (non-hydrogen) atoms. The van der Waals surface area contributed by atoms with Gasteiger partial charge in [0.2, 0.25) is 5.91 Å². The molecular formula is C9H16N4O2. The minimum Gasteiger partial charge on any atom is -0.329 e. The molecule has 0 bridgehead atoms. The third kappa shape index (κ3) is 2.27. The first-order valence-electron chi connectivity index (χ1n) is 5.23. The number of nitrogens with zero attached hydrogens (tertiary/aromatic N) is 2. The second kappa shape index (κ2) is 4.16. The number of nitrogens with two attached hydrogens (primary N) is 1. The van der Waals surface area contributed by atoms with Gasteiger partial charge >= 0.3 is 6.03 Å². The maximum atomic E-state index is 11.3. The maximum absolute atomic E-state index is 11.3. The molecule has 6 nitrogen and oxygen atoms in total. The molecule has 0 aromatic rings. The number of hydrogen-bond acceptors (Lipinski definition) is 4. The van der Waals surface area contributed by atoms with Gasteiger partial charge in [0, 0.05) is 25.7 Å². The van der Waals surface area contributed by atoms with E-state index in [1.807, 2.05) is 0 Å². The van der Waals surface area contributed by atoms with Gasteiger partial charge in [-0.15, -0.1) is 0 Å². The lowest BCUT2D eigenvalue weighted by molar-refractivity contribution is -0.125. The summed E-state index contributed by atoms with van der Waals surface area (Å²) in [6.07, 6.45) is 1.00. The number of carbonyl (C=O) groups excluding carboxylic acids is 2. The summed E-state index contributed by atoms with van der Waals surface area (Å²) in [5.41, 5.74) is 5.76. The summed E-state index contributed by atoms with van der Waals surface area (Å²) in [6.45, 7) is 3.16. The Balaban J connectivity index is 1.78. The zero-order valence-corrected chi connectivity index (χ0v) is 8.61. The second-order valence-corrected chi connectivity index (χ2v) is 4.05. The van der Waals surface area contributed by atoms with Gasteiger partial charge in [-0.3, -0.25) is 14.6 Å². The number of imide groups is 1. The number of amides is 3. The molecule has 0 saturated carbocycles. The average Bonchev–Trinajstić information content (AvgIpc) is 2.73. The predicted molar refractivity (Wildman–Crippen MR) is 54.1 cm³/mol. The molecule has 2 aliphatic heterocycles. The van der Waals surface area contributed by atoms with Crippen LogP contribution in [-0.2, 0) is 4.79 Å². The third-order valence-corrected chi connectivity index (χ3v) is 2.89. The fraction of sp³-hybridized carbons (Fsp3) is 0.778. The SMILES string of the molecule is N[C@H]1CCN(CCN2C(=O)CNC2=O)C1. The number of nitrogens with one attached hydrogen (secondary N) is 1. The fourth-order valence-electron chi connectivity index (χ4n) is 1.99. The molecule has 2 aliphatic rings. The largest absolute Gasteiger partial charge is 0.329 e. The molecule has 0 aliphatic carbocycles. The van der Waals surface area contributed by atoms with E-state index in [4.69, 9.17) is 5.73 Å². The molecule has 0 aromatic heterocycles. The molecule has 84 valence electrons. The van der Waals surface area contributed by atoms with E-state index in [9.17, 15) is 9.59 Å². The van der Waals surface area contributed by atoms with Gasteiger partial charge in [-0.1, -0.05) is 0 Å². The van der Waals surface area contributed by atoms with Crippen LogP contribution < -0.4 is 11.1 Å². The van der Waals surface area contributed by atoms with Crippen molar-refractivity contribution in [1.29, 1.82) is 0 Å². The molecule has 0 radical (unpaired) electrons. The molecule has 6 heteroatoms. The molecule has 2 fully saturated rings. The molecule has 1 atom stereocenters. The molecule has 2 heterocycles. The Labute approximate surface area is 88.4 Å². The van der Waals surface area contributed by atoms with Crippen LogP contribution in [0, 0.1) is 0 Å². The van der Waals surface area contributed by atoms with Crippen molar-refractivity contribution < 1.29 is 9.59 Å². The number of carbonyl (C=O) groups is 2. The number of likely N-dealkylation sites (tertiary alicyclic amines) is 1. The number of hydrogen-bond donors (Lipinski definition) is 2. The van der Waals surface area contributed by atoms with Crippen LogP contribution in [0.3, 0.4) is 0 Å². The molecule has 0 unspecified atom stereocenters. The van der Waals surface area contributed by atoms with E-state index < -0.39 is 0 Å². The molecule has 3 amide bonds. The van der Waals surface area contributed by atoms with Crippen molar-refractivity contribution in [3.05, 3.63) is 0 Å². The van der Waals surface area contributed by atoms with E-state index in [1.165, 1.54) is 4.90 Å². The Kier molecular flexibility index (Phi) is 2.88. The summed E-state index contributed by atoms with van der Waals surface area (Å²) in [6, 6.07) is -0.0309. The van der Waals surface area contributed by atoms with Crippen LogP contribution in [0.5, 0.6) is 0 Å². The summed E-state index contributed by atoms with van der Waals surface area (Å²) < 4.78 is 0. The van der Waals surface area contributed by atoms with E-state index in [0.29, 0.717) is 6.54 Å². The van der Waals surface area contributed by atoms with Crippen molar-refractivity contribution in [1.82, 2.24) is 15.1 Å². The summed E-state index contributed by atoms with van der Waals surface area (Å²) >= 11 is 0. The Morgan fingerprint density at radius 1 is 1.40 bits per heavy atom. The topological polar surface area (TPSA) is 78.7 Å². The van der Waals surface area contributed by atoms with Crippen LogP contribution in [0.25, 0.3) is 0 Å². The van der Waals surface area contributed by atoms with Gasteiger partial charge < -0.3 is 11.1 Å². The number of rotatable bonds is 3. The maximum Gasteiger partial charge on any atom is 0.324 e. The van der Waals surface area contributed by atoms with Gasteiger partial charge in [0.25, 0.3) is 0 Å². The van der Waals surface area contributed by atoms with Crippen molar-refractivity contribution >= 4 is 11.9 Å². The Bertz CT molecular complexity index is 265. The summed E-state index contributed by atoms with van der Waals surface area (Å²) in [5.74, 6) is -0.136. The minimum absolute atomic E-state index is 0.136. The van der Waals surface area contributed by atoms with Gasteiger partial charge in [-0.2, -0.15) is 0 Å². The van der Waals surface area contributed by atoms with E-state index in [2.05, 4.69) is 10.2 Å². The van der Waals surface area contributed by atoms with E-state index in [1.54, 1.807) is 0 Å². The molecule has 0 aromatic carbocycles. The highest BCUT2D eigenvalue weighted by Crippen LogP contribution is 2.07. The number of urea groups is 1. The first kappa shape index (κ1) is 10.4. The minimum atomic E-state index is -0.275. The van der Waals surface area contributed by atoms with E-state index >= 15 is 0 Å². The first-order chi connectivity index (χ1) is 7.16. The van der Waals surface area contributed by atoms with Crippen LogP contribution >= 0.6 is 0 Å². The lowest BCUT2D eigenvalue weighted by Gasteiger charge is -2.18. The Hall–Kier alpha value is -1.14. The summed E-state index contributed by atoms with van der Waals surface area (Å²) in [7, 11) is 0. The Morgan fingerprint density at radius 2 is 2.20 bits per heavy atom. The lowest BCUT2D eigenvalue weighted by Crippen LogP contribution is -2.38. The zero-order chi connectivity index (χ0) is 10.8. The van der Waals surface area contributed by atoms with Crippen molar-refractivity contribution in [3.8, 4) is 0 Å². The smallest absolute Gasteiger partial charge is 0.324 e. The van der Waals surface area contributed by atoms with E-state index in [0.717, 1.165) is 26.1 Å². The molecule has 0 spiro atoms. The van der Waals surface area contributed by atoms with Crippen LogP contribution in [0.2, 0.25) is 0 Å².